The van der Waals surface area contributed by atoms with Gasteiger partial charge in [0.15, 0.2) is 0 Å². The van der Waals surface area contributed by atoms with Crippen molar-refractivity contribution in [3.63, 3.8) is 0 Å². The number of aryl methyl sites for hydroxylation is 1. The first-order valence-electron chi connectivity index (χ1n) is 9.00. The van der Waals surface area contributed by atoms with Crippen molar-refractivity contribution in [1.29, 1.82) is 0 Å². The Balaban J connectivity index is 1.44. The first-order chi connectivity index (χ1) is 13.7. The number of nitrogens with one attached hydrogen (secondary N) is 1. The van der Waals surface area contributed by atoms with Crippen LogP contribution in [0.5, 0.6) is 0 Å². The van der Waals surface area contributed by atoms with Crippen LogP contribution >= 0.6 is 0 Å². The molecule has 0 spiro atoms. The fourth-order valence-corrected chi connectivity index (χ4v) is 3.05. The Hall–Kier alpha value is -3.74. The summed E-state index contributed by atoms with van der Waals surface area (Å²) in [5.41, 5.74) is 2.22. The van der Waals surface area contributed by atoms with Gasteiger partial charge >= 0.3 is 0 Å². The molecule has 1 amide bonds. The molecule has 2 aromatic carbocycles. The molecule has 1 N–H and O–H groups in total. The highest BCUT2D eigenvalue weighted by Crippen LogP contribution is 2.16. The highest BCUT2D eigenvalue weighted by Gasteiger charge is 2.09. The number of hydrogen-bond donors (Lipinski definition) is 1. The van der Waals surface area contributed by atoms with Crippen LogP contribution in [0, 0.1) is 0 Å². The summed E-state index contributed by atoms with van der Waals surface area (Å²) < 4.78 is 3.27. The second-order valence-electron chi connectivity index (χ2n) is 6.42. The van der Waals surface area contributed by atoms with E-state index in [2.05, 4.69) is 15.4 Å². The van der Waals surface area contributed by atoms with Crippen molar-refractivity contribution in [2.45, 2.75) is 19.5 Å². The van der Waals surface area contributed by atoms with Crippen molar-refractivity contribution in [3.05, 3.63) is 89.2 Å². The number of amides is 1. The molecule has 0 saturated heterocycles. The lowest BCUT2D eigenvalue weighted by Gasteiger charge is -2.12. The summed E-state index contributed by atoms with van der Waals surface area (Å²) in [5.74, 6) is -0.159. The van der Waals surface area contributed by atoms with Crippen LogP contribution in [-0.2, 0) is 17.9 Å². The van der Waals surface area contributed by atoms with E-state index in [4.69, 9.17) is 0 Å². The molecule has 28 heavy (non-hydrogen) atoms. The summed E-state index contributed by atoms with van der Waals surface area (Å²) in [6, 6.07) is 16.7. The first kappa shape index (κ1) is 17.7. The molecule has 0 saturated carbocycles. The van der Waals surface area contributed by atoms with Crippen molar-refractivity contribution in [1.82, 2.24) is 19.3 Å². The maximum Gasteiger partial charge on any atom is 0.261 e. The second kappa shape index (κ2) is 7.87. The van der Waals surface area contributed by atoms with E-state index in [1.807, 2.05) is 42.6 Å². The van der Waals surface area contributed by atoms with Gasteiger partial charge in [-0.3, -0.25) is 18.8 Å². The summed E-state index contributed by atoms with van der Waals surface area (Å²) in [4.78, 5) is 29.2. The third-order valence-electron chi connectivity index (χ3n) is 4.49. The lowest BCUT2D eigenvalue weighted by Crippen LogP contribution is -2.24. The molecular weight excluding hydrogens is 354 g/mol. The van der Waals surface area contributed by atoms with Crippen molar-refractivity contribution in [2.24, 2.45) is 0 Å². The predicted molar refractivity (Wildman–Crippen MR) is 107 cm³/mol. The topological polar surface area (TPSA) is 81.8 Å². The Morgan fingerprint density at radius 3 is 2.71 bits per heavy atom. The van der Waals surface area contributed by atoms with E-state index in [1.165, 1.54) is 10.9 Å². The molecule has 0 atom stereocenters. The fraction of sp³-hybridized carbons (Fsp3) is 0.143. The zero-order valence-corrected chi connectivity index (χ0v) is 15.2. The molecule has 2 aromatic heterocycles. The van der Waals surface area contributed by atoms with Crippen LogP contribution in [-0.4, -0.2) is 25.2 Å². The van der Waals surface area contributed by atoms with Crippen LogP contribution < -0.4 is 10.9 Å². The van der Waals surface area contributed by atoms with Gasteiger partial charge in [-0.25, -0.2) is 4.98 Å². The number of benzene rings is 2. The second-order valence-corrected chi connectivity index (χ2v) is 6.42. The Bertz CT molecular complexity index is 1160. The minimum Gasteiger partial charge on any atom is -0.326 e. The molecule has 0 unspecified atom stereocenters. The maximum absolute atomic E-state index is 12.5. The van der Waals surface area contributed by atoms with Gasteiger partial charge in [0.25, 0.3) is 5.56 Å². The first-order valence-corrected chi connectivity index (χ1v) is 9.00. The molecule has 0 bridgehead atoms. The van der Waals surface area contributed by atoms with E-state index in [0.29, 0.717) is 17.4 Å². The molecule has 4 aromatic rings. The van der Waals surface area contributed by atoms with Gasteiger partial charge in [-0.1, -0.05) is 30.3 Å². The molecule has 0 fully saturated rings. The average Bonchev–Trinajstić information content (AvgIpc) is 3.22. The van der Waals surface area contributed by atoms with Gasteiger partial charge in [-0.2, -0.15) is 5.10 Å². The normalized spacial score (nSPS) is 10.9. The molecule has 0 radical (unpaired) electrons. The monoisotopic (exact) mass is 373 g/mol. The Morgan fingerprint density at radius 2 is 1.86 bits per heavy atom. The number of nitrogens with zero attached hydrogens (tertiary/aromatic N) is 4. The summed E-state index contributed by atoms with van der Waals surface area (Å²) in [6.07, 6.45) is 5.26. The minimum atomic E-state index is -0.159. The number of aromatic nitrogens is 4. The van der Waals surface area contributed by atoms with E-state index in [9.17, 15) is 9.59 Å². The van der Waals surface area contributed by atoms with Crippen LogP contribution in [0.4, 0.5) is 5.69 Å². The third-order valence-corrected chi connectivity index (χ3v) is 4.49. The van der Waals surface area contributed by atoms with Crippen LogP contribution in [0.15, 0.2) is 78.1 Å². The van der Waals surface area contributed by atoms with Crippen molar-refractivity contribution in [2.75, 3.05) is 5.32 Å². The Labute approximate surface area is 161 Å². The standard InChI is InChI=1S/C21H19N5O2/c27-20(10-13-25-15-22-19-9-4-2-7-17(19)21(25)28)24-18-8-3-1-6-16(18)14-26-12-5-11-23-26/h1-9,11-12,15H,10,13-14H2,(H,24,27). The molecule has 0 aliphatic heterocycles. The van der Waals surface area contributed by atoms with Gasteiger partial charge in [0.1, 0.15) is 0 Å². The number of rotatable bonds is 6. The summed E-state index contributed by atoms with van der Waals surface area (Å²) in [6.45, 7) is 0.835. The smallest absolute Gasteiger partial charge is 0.261 e. The Kier molecular flexibility index (Phi) is 4.97. The number of fused-ring (bicyclic) bond motifs is 1. The summed E-state index contributed by atoms with van der Waals surface area (Å²) in [7, 11) is 0. The van der Waals surface area contributed by atoms with Gasteiger partial charge in [0.2, 0.25) is 5.91 Å². The largest absolute Gasteiger partial charge is 0.326 e. The molecule has 0 aliphatic rings. The zero-order chi connectivity index (χ0) is 19.3. The van der Waals surface area contributed by atoms with Gasteiger partial charge in [0, 0.05) is 31.0 Å². The third kappa shape index (κ3) is 3.83. The van der Waals surface area contributed by atoms with E-state index < -0.39 is 0 Å². The zero-order valence-electron chi connectivity index (χ0n) is 15.2. The Morgan fingerprint density at radius 1 is 1.04 bits per heavy atom. The van der Waals surface area contributed by atoms with Gasteiger partial charge < -0.3 is 5.32 Å². The predicted octanol–water partition coefficient (Wildman–Crippen LogP) is 2.67. The summed E-state index contributed by atoms with van der Waals surface area (Å²) >= 11 is 0. The highest BCUT2D eigenvalue weighted by atomic mass is 16.2. The number of anilines is 1. The SMILES string of the molecule is O=C(CCn1cnc2ccccc2c1=O)Nc1ccccc1Cn1cccn1. The fourth-order valence-electron chi connectivity index (χ4n) is 3.05. The van der Waals surface area contributed by atoms with Crippen LogP contribution in [0.25, 0.3) is 10.9 Å². The average molecular weight is 373 g/mol. The number of carbonyl (C=O) groups excluding carboxylic acids is 1. The molecule has 140 valence electrons. The lowest BCUT2D eigenvalue weighted by molar-refractivity contribution is -0.116. The van der Waals surface area contributed by atoms with Crippen LogP contribution in [0.2, 0.25) is 0 Å². The van der Waals surface area contributed by atoms with Crippen molar-refractivity contribution in [3.8, 4) is 0 Å². The van der Waals surface area contributed by atoms with Gasteiger partial charge in [-0.05, 0) is 29.8 Å². The molecule has 4 rings (SSSR count). The number of carbonyl (C=O) groups is 1. The molecule has 7 heteroatoms. The quantitative estimate of drug-likeness (QED) is 0.563. The summed E-state index contributed by atoms with van der Waals surface area (Å²) in [5, 5.41) is 7.69. The number of para-hydroxylation sites is 2. The number of hydrogen-bond acceptors (Lipinski definition) is 4. The molecular formula is C21H19N5O2. The van der Waals surface area contributed by atoms with Crippen LogP contribution in [0.1, 0.15) is 12.0 Å². The highest BCUT2D eigenvalue weighted by molar-refractivity contribution is 5.91. The van der Waals surface area contributed by atoms with E-state index in [0.717, 1.165) is 11.3 Å². The molecule has 7 nitrogen and oxygen atoms in total. The molecule has 0 aliphatic carbocycles. The lowest BCUT2D eigenvalue weighted by atomic mass is 10.1. The van der Waals surface area contributed by atoms with E-state index >= 15 is 0 Å². The van der Waals surface area contributed by atoms with E-state index in [1.54, 1.807) is 29.1 Å². The van der Waals surface area contributed by atoms with Gasteiger partial charge in [-0.15, -0.1) is 0 Å². The van der Waals surface area contributed by atoms with Gasteiger partial charge in [0.05, 0.1) is 23.8 Å². The van der Waals surface area contributed by atoms with Crippen LogP contribution in [0.3, 0.4) is 0 Å². The van der Waals surface area contributed by atoms with E-state index in [-0.39, 0.29) is 24.4 Å². The van der Waals surface area contributed by atoms with Crippen molar-refractivity contribution < 1.29 is 4.79 Å². The maximum atomic E-state index is 12.5. The van der Waals surface area contributed by atoms with Crippen molar-refractivity contribution >= 4 is 22.5 Å². The molecule has 2 heterocycles. The minimum absolute atomic E-state index is 0.141.